The average Bonchev–Trinajstić information content (AvgIpc) is 3.05. The lowest BCUT2D eigenvalue weighted by Gasteiger charge is -2.16. The molecule has 0 spiro atoms. The quantitative estimate of drug-likeness (QED) is 0.699. The number of nitrogens with one attached hydrogen (secondary N) is 1. The van der Waals surface area contributed by atoms with Crippen molar-refractivity contribution in [1.29, 1.82) is 0 Å². The highest BCUT2D eigenvalue weighted by Crippen LogP contribution is 2.28. The van der Waals surface area contributed by atoms with Gasteiger partial charge in [-0.25, -0.2) is 9.37 Å². The minimum Gasteiger partial charge on any atom is -0.332 e. The summed E-state index contributed by atoms with van der Waals surface area (Å²) in [7, 11) is 1.58. The predicted molar refractivity (Wildman–Crippen MR) is 109 cm³/mol. The fraction of sp³-hybridized carbons (Fsp3) is 0.190. The van der Waals surface area contributed by atoms with Gasteiger partial charge in [0.15, 0.2) is 0 Å². The molecule has 3 rings (SSSR count). The number of thiazole rings is 1. The molecule has 0 fully saturated rings. The second kappa shape index (κ2) is 8.31. The molecule has 0 saturated heterocycles. The van der Waals surface area contributed by atoms with Crippen LogP contribution in [0.25, 0.3) is 10.6 Å². The van der Waals surface area contributed by atoms with E-state index in [0.717, 1.165) is 11.1 Å². The molecule has 0 atom stereocenters. The molecule has 0 aliphatic carbocycles. The van der Waals surface area contributed by atoms with E-state index in [-0.39, 0.29) is 24.2 Å². The molecule has 0 aliphatic rings. The number of aryl methyl sites for hydroxylation is 2. The van der Waals surface area contributed by atoms with Crippen LogP contribution in [0.15, 0.2) is 48.5 Å². The predicted octanol–water partition coefficient (Wildman–Crippen LogP) is 4.28. The molecule has 2 aromatic carbocycles. The van der Waals surface area contributed by atoms with Crippen molar-refractivity contribution < 1.29 is 14.0 Å². The van der Waals surface area contributed by atoms with Gasteiger partial charge in [0.05, 0.1) is 12.2 Å². The molecule has 0 radical (unpaired) electrons. The Morgan fingerprint density at radius 1 is 1.07 bits per heavy atom. The molecule has 1 heterocycles. The zero-order chi connectivity index (χ0) is 20.3. The first kappa shape index (κ1) is 19.7. The third kappa shape index (κ3) is 4.61. The number of benzene rings is 2. The zero-order valence-corrected chi connectivity index (χ0v) is 16.6. The minimum absolute atomic E-state index is 0.0735. The fourth-order valence-corrected chi connectivity index (χ4v) is 3.68. The Bertz CT molecular complexity index is 997. The number of halogens is 1. The third-order valence-electron chi connectivity index (χ3n) is 4.14. The molecule has 0 unspecified atom stereocenters. The normalized spacial score (nSPS) is 10.6. The standard InChI is InChI=1S/C21H20FN3O2S/c1-13-4-10-17(11-5-13)24-18(26)12-25(3)21(27)19-14(2)23-20(28-19)15-6-8-16(22)9-7-15/h4-11H,12H2,1-3H3,(H,24,26). The molecule has 144 valence electrons. The Morgan fingerprint density at radius 2 is 1.71 bits per heavy atom. The molecular formula is C21H20FN3O2S. The van der Waals surface area contributed by atoms with Crippen LogP contribution in [0.2, 0.25) is 0 Å². The van der Waals surface area contributed by atoms with Gasteiger partial charge in [-0.3, -0.25) is 9.59 Å². The largest absolute Gasteiger partial charge is 0.332 e. The topological polar surface area (TPSA) is 62.3 Å². The first-order chi connectivity index (χ1) is 13.3. The lowest BCUT2D eigenvalue weighted by Crippen LogP contribution is -2.34. The summed E-state index contributed by atoms with van der Waals surface area (Å²) in [5.41, 5.74) is 3.11. The average molecular weight is 397 g/mol. The van der Waals surface area contributed by atoms with Crippen LogP contribution in [-0.4, -0.2) is 35.3 Å². The number of hydrogen-bond donors (Lipinski definition) is 1. The number of carbonyl (C=O) groups excluding carboxylic acids is 2. The first-order valence-electron chi connectivity index (χ1n) is 8.69. The van der Waals surface area contributed by atoms with E-state index in [9.17, 15) is 14.0 Å². The van der Waals surface area contributed by atoms with Crippen LogP contribution >= 0.6 is 11.3 Å². The first-order valence-corrected chi connectivity index (χ1v) is 9.50. The second-order valence-corrected chi connectivity index (χ2v) is 7.51. The molecule has 3 aromatic rings. The van der Waals surface area contributed by atoms with E-state index >= 15 is 0 Å². The van der Waals surface area contributed by atoms with Crippen molar-refractivity contribution in [2.24, 2.45) is 0 Å². The second-order valence-electron chi connectivity index (χ2n) is 6.52. The molecule has 0 saturated carbocycles. The molecule has 28 heavy (non-hydrogen) atoms. The van der Waals surface area contributed by atoms with Crippen LogP contribution in [0, 0.1) is 19.7 Å². The van der Waals surface area contributed by atoms with Gasteiger partial charge in [0.1, 0.15) is 15.7 Å². The number of rotatable bonds is 5. The van der Waals surface area contributed by atoms with Crippen LogP contribution < -0.4 is 5.32 Å². The molecule has 1 N–H and O–H groups in total. The van der Waals surface area contributed by atoms with E-state index < -0.39 is 0 Å². The number of aromatic nitrogens is 1. The van der Waals surface area contributed by atoms with E-state index in [1.54, 1.807) is 26.1 Å². The van der Waals surface area contributed by atoms with Gasteiger partial charge in [-0.05, 0) is 50.2 Å². The van der Waals surface area contributed by atoms with Crippen LogP contribution in [0.5, 0.6) is 0 Å². The zero-order valence-electron chi connectivity index (χ0n) is 15.8. The van der Waals surface area contributed by atoms with Gasteiger partial charge >= 0.3 is 0 Å². The van der Waals surface area contributed by atoms with Gasteiger partial charge < -0.3 is 10.2 Å². The molecule has 7 heteroatoms. The molecule has 5 nitrogen and oxygen atoms in total. The number of likely N-dealkylation sites (N-methyl/N-ethyl adjacent to an activating group) is 1. The van der Waals surface area contributed by atoms with Gasteiger partial charge in [0.2, 0.25) is 5.91 Å². The van der Waals surface area contributed by atoms with Crippen molar-refractivity contribution in [1.82, 2.24) is 9.88 Å². The Morgan fingerprint density at radius 3 is 2.36 bits per heavy atom. The highest BCUT2D eigenvalue weighted by atomic mass is 32.1. The molecular weight excluding hydrogens is 377 g/mol. The van der Waals surface area contributed by atoms with Crippen molar-refractivity contribution in [2.45, 2.75) is 13.8 Å². The third-order valence-corrected chi connectivity index (χ3v) is 5.34. The van der Waals surface area contributed by atoms with Crippen LogP contribution in [0.4, 0.5) is 10.1 Å². The maximum Gasteiger partial charge on any atom is 0.266 e. The highest BCUT2D eigenvalue weighted by Gasteiger charge is 2.21. The molecule has 2 amide bonds. The van der Waals surface area contributed by atoms with Crippen molar-refractivity contribution in [3.8, 4) is 10.6 Å². The SMILES string of the molecule is Cc1ccc(NC(=O)CN(C)C(=O)c2sc(-c3ccc(F)cc3)nc2C)cc1. The molecule has 1 aromatic heterocycles. The van der Waals surface area contributed by atoms with Gasteiger partial charge in [0, 0.05) is 18.3 Å². The summed E-state index contributed by atoms with van der Waals surface area (Å²) < 4.78 is 13.1. The summed E-state index contributed by atoms with van der Waals surface area (Å²) in [5.74, 6) is -0.879. The minimum atomic E-state index is -0.326. The van der Waals surface area contributed by atoms with Crippen LogP contribution in [0.3, 0.4) is 0 Å². The maximum absolute atomic E-state index is 13.1. The Balaban J connectivity index is 1.68. The monoisotopic (exact) mass is 397 g/mol. The number of anilines is 1. The van der Waals surface area contributed by atoms with Crippen molar-refractivity contribution >= 4 is 28.8 Å². The summed E-state index contributed by atoms with van der Waals surface area (Å²) >= 11 is 1.23. The highest BCUT2D eigenvalue weighted by molar-refractivity contribution is 7.17. The summed E-state index contributed by atoms with van der Waals surface area (Å²) in [6.07, 6.45) is 0. The number of hydrogen-bond acceptors (Lipinski definition) is 4. The van der Waals surface area contributed by atoms with Gasteiger partial charge in [-0.1, -0.05) is 17.7 Å². The van der Waals surface area contributed by atoms with Gasteiger partial charge in [-0.2, -0.15) is 0 Å². The Kier molecular flexibility index (Phi) is 5.84. The number of carbonyl (C=O) groups is 2. The van der Waals surface area contributed by atoms with E-state index in [0.29, 0.717) is 21.3 Å². The summed E-state index contributed by atoms with van der Waals surface area (Å²) in [5, 5.41) is 3.41. The van der Waals surface area contributed by atoms with E-state index in [1.165, 1.54) is 28.4 Å². The van der Waals surface area contributed by atoms with E-state index in [2.05, 4.69) is 10.3 Å². The van der Waals surface area contributed by atoms with Crippen LogP contribution in [-0.2, 0) is 4.79 Å². The number of amides is 2. The maximum atomic E-state index is 13.1. The van der Waals surface area contributed by atoms with Crippen molar-refractivity contribution in [3.63, 3.8) is 0 Å². The molecule has 0 bridgehead atoms. The van der Waals surface area contributed by atoms with Gasteiger partial charge in [0.25, 0.3) is 5.91 Å². The Labute approximate surface area is 166 Å². The van der Waals surface area contributed by atoms with E-state index in [1.807, 2.05) is 31.2 Å². The van der Waals surface area contributed by atoms with Crippen molar-refractivity contribution in [2.75, 3.05) is 18.9 Å². The smallest absolute Gasteiger partial charge is 0.266 e. The van der Waals surface area contributed by atoms with E-state index in [4.69, 9.17) is 0 Å². The lowest BCUT2D eigenvalue weighted by atomic mass is 10.2. The molecule has 0 aliphatic heterocycles. The fourth-order valence-electron chi connectivity index (χ4n) is 2.61. The summed E-state index contributed by atoms with van der Waals surface area (Å²) in [6, 6.07) is 13.4. The summed E-state index contributed by atoms with van der Waals surface area (Å²) in [6.45, 7) is 3.64. The summed E-state index contributed by atoms with van der Waals surface area (Å²) in [4.78, 5) is 31.2. The number of nitrogens with zero attached hydrogens (tertiary/aromatic N) is 2. The van der Waals surface area contributed by atoms with Crippen molar-refractivity contribution in [3.05, 3.63) is 70.5 Å². The van der Waals surface area contributed by atoms with Gasteiger partial charge in [-0.15, -0.1) is 11.3 Å². The lowest BCUT2D eigenvalue weighted by molar-refractivity contribution is -0.116. The Hall–Kier alpha value is -3.06. The van der Waals surface area contributed by atoms with Crippen LogP contribution in [0.1, 0.15) is 20.9 Å².